The Morgan fingerprint density at radius 2 is 1.79 bits per heavy atom. The molecular formula is C17H35ClN3O2P. The van der Waals surface area contributed by atoms with E-state index in [-0.39, 0.29) is 0 Å². The van der Waals surface area contributed by atoms with E-state index in [1.54, 1.807) is 13.2 Å². The Kier molecular flexibility index (Phi) is 18.6. The lowest BCUT2D eigenvalue weighted by Gasteiger charge is -2.19. The molecule has 0 fully saturated rings. The molecule has 7 heteroatoms. The fourth-order valence-electron chi connectivity index (χ4n) is 1.65. The van der Waals surface area contributed by atoms with Crippen LogP contribution in [-0.4, -0.2) is 37.3 Å². The van der Waals surface area contributed by atoms with E-state index in [1.807, 2.05) is 41.7 Å². The molecular weight excluding hydrogens is 345 g/mol. The first-order chi connectivity index (χ1) is 11.6. The number of aromatic nitrogens is 2. The zero-order valence-corrected chi connectivity index (χ0v) is 18.2. The third kappa shape index (κ3) is 11.1. The van der Waals surface area contributed by atoms with Gasteiger partial charge in [0, 0.05) is 26.8 Å². The first kappa shape index (κ1) is 25.8. The highest BCUT2D eigenvalue weighted by molar-refractivity contribution is 7.46. The van der Waals surface area contributed by atoms with Crippen LogP contribution in [0.2, 0.25) is 5.15 Å². The van der Waals surface area contributed by atoms with Crippen LogP contribution in [0.25, 0.3) is 0 Å². The minimum atomic E-state index is -0.992. The lowest BCUT2D eigenvalue weighted by molar-refractivity contribution is 0.297. The van der Waals surface area contributed by atoms with Crippen molar-refractivity contribution >= 4 is 25.8 Å². The summed E-state index contributed by atoms with van der Waals surface area (Å²) in [4.78, 5) is 10.9. The fraction of sp³-hybridized carbons (Fsp3) is 0.765. The molecule has 1 rings (SSSR count). The number of unbranched alkanes of at least 4 members (excludes halogenated alkanes) is 1. The monoisotopic (exact) mass is 379 g/mol. The van der Waals surface area contributed by atoms with Crippen LogP contribution in [0.15, 0.2) is 6.07 Å². The topological polar surface area (TPSA) is 47.5 Å². The summed E-state index contributed by atoms with van der Waals surface area (Å²) in [7, 11) is 2.66. The quantitative estimate of drug-likeness (QED) is 0.394. The molecule has 142 valence electrons. The Bertz CT molecular complexity index is 411. The lowest BCUT2D eigenvalue weighted by Crippen LogP contribution is -2.20. The van der Waals surface area contributed by atoms with E-state index in [0.717, 1.165) is 25.2 Å². The minimum Gasteiger partial charge on any atom is -0.360 e. The van der Waals surface area contributed by atoms with Crippen molar-refractivity contribution in [1.82, 2.24) is 9.97 Å². The van der Waals surface area contributed by atoms with Gasteiger partial charge in [-0.2, -0.15) is 0 Å². The molecule has 0 spiro atoms. The van der Waals surface area contributed by atoms with Gasteiger partial charge in [-0.05, 0) is 13.3 Å². The van der Waals surface area contributed by atoms with Crippen molar-refractivity contribution in [3.05, 3.63) is 17.0 Å². The van der Waals surface area contributed by atoms with Gasteiger partial charge in [-0.25, -0.2) is 9.97 Å². The molecule has 1 unspecified atom stereocenters. The molecule has 0 aliphatic rings. The minimum absolute atomic E-state index is 0.455. The predicted octanol–water partition coefficient (Wildman–Crippen LogP) is 5.91. The molecule has 0 N–H and O–H groups in total. The number of anilines is 1. The van der Waals surface area contributed by atoms with E-state index in [0.29, 0.717) is 23.7 Å². The number of halogens is 1. The first-order valence-corrected chi connectivity index (χ1v) is 10.5. The van der Waals surface area contributed by atoms with Gasteiger partial charge in [0.1, 0.15) is 16.8 Å². The van der Waals surface area contributed by atoms with Crippen LogP contribution in [0.5, 0.6) is 0 Å². The summed E-state index contributed by atoms with van der Waals surface area (Å²) < 4.78 is 10.8. The summed E-state index contributed by atoms with van der Waals surface area (Å²) in [6.45, 7) is 13.7. The maximum Gasteiger partial charge on any atom is 0.178 e. The van der Waals surface area contributed by atoms with E-state index in [4.69, 9.17) is 20.6 Å². The van der Waals surface area contributed by atoms with Crippen LogP contribution in [0.3, 0.4) is 0 Å². The second-order valence-electron chi connectivity index (χ2n) is 4.33. The van der Waals surface area contributed by atoms with Crippen molar-refractivity contribution < 1.29 is 9.05 Å². The summed E-state index contributed by atoms with van der Waals surface area (Å²) in [5, 5.41) is 0.455. The largest absolute Gasteiger partial charge is 0.360 e. The fourth-order valence-corrected chi connectivity index (χ4v) is 2.83. The molecule has 0 bridgehead atoms. The highest BCUT2D eigenvalue weighted by atomic mass is 35.5. The van der Waals surface area contributed by atoms with Crippen LogP contribution in [0, 0.1) is 0 Å². The van der Waals surface area contributed by atoms with Gasteiger partial charge in [0.25, 0.3) is 0 Å². The van der Waals surface area contributed by atoms with E-state index < -0.39 is 8.38 Å². The van der Waals surface area contributed by atoms with Crippen LogP contribution in [0.4, 0.5) is 5.82 Å². The zero-order valence-electron chi connectivity index (χ0n) is 16.6. The highest BCUT2D eigenvalue weighted by Gasteiger charge is 2.14. The number of nitrogens with zero attached hydrogens (tertiary/aromatic N) is 3. The van der Waals surface area contributed by atoms with Crippen molar-refractivity contribution in [2.24, 2.45) is 0 Å². The van der Waals surface area contributed by atoms with Gasteiger partial charge in [0.15, 0.2) is 8.38 Å². The van der Waals surface area contributed by atoms with Crippen LogP contribution in [-0.2, 0) is 15.2 Å². The van der Waals surface area contributed by atoms with Crippen molar-refractivity contribution in [2.75, 3.05) is 32.2 Å². The SMILES string of the molecule is CC.CC.CCCCN(C)c1cc(Cl)nc(CP(OC)OCC)n1. The number of rotatable bonds is 9. The van der Waals surface area contributed by atoms with Gasteiger partial charge in [0.05, 0.1) is 12.8 Å². The van der Waals surface area contributed by atoms with Crippen molar-refractivity contribution in [2.45, 2.75) is 60.5 Å². The Labute approximate surface area is 155 Å². The van der Waals surface area contributed by atoms with Crippen LogP contribution in [0.1, 0.15) is 60.2 Å². The molecule has 0 radical (unpaired) electrons. The average Bonchev–Trinajstić information content (AvgIpc) is 2.62. The molecule has 0 aromatic carbocycles. The lowest BCUT2D eigenvalue weighted by atomic mass is 10.3. The molecule has 0 saturated heterocycles. The summed E-state index contributed by atoms with van der Waals surface area (Å²) >= 11 is 6.08. The predicted molar refractivity (Wildman–Crippen MR) is 107 cm³/mol. The Morgan fingerprint density at radius 3 is 2.29 bits per heavy atom. The molecule has 0 aliphatic heterocycles. The van der Waals surface area contributed by atoms with Crippen LogP contribution < -0.4 is 4.90 Å². The molecule has 1 aromatic rings. The van der Waals surface area contributed by atoms with Gasteiger partial charge in [-0.1, -0.05) is 52.6 Å². The third-order valence-electron chi connectivity index (χ3n) is 2.71. The van der Waals surface area contributed by atoms with Gasteiger partial charge in [-0.3, -0.25) is 0 Å². The maximum atomic E-state index is 6.08. The normalized spacial score (nSPS) is 10.9. The second kappa shape index (κ2) is 17.3. The molecule has 0 aliphatic carbocycles. The van der Waals surface area contributed by atoms with Gasteiger partial charge in [-0.15, -0.1) is 0 Å². The molecule has 1 heterocycles. The second-order valence-corrected chi connectivity index (χ2v) is 6.32. The zero-order chi connectivity index (χ0) is 19.0. The van der Waals surface area contributed by atoms with E-state index in [1.165, 1.54) is 0 Å². The van der Waals surface area contributed by atoms with Crippen LogP contribution >= 0.6 is 20.0 Å². The summed E-state index contributed by atoms with van der Waals surface area (Å²) in [6, 6.07) is 1.79. The highest BCUT2D eigenvalue weighted by Crippen LogP contribution is 2.40. The molecule has 0 amide bonds. The van der Waals surface area contributed by atoms with E-state index in [2.05, 4.69) is 21.8 Å². The Morgan fingerprint density at radius 1 is 1.17 bits per heavy atom. The Balaban J connectivity index is 0. The van der Waals surface area contributed by atoms with Gasteiger partial charge < -0.3 is 13.9 Å². The van der Waals surface area contributed by atoms with E-state index in [9.17, 15) is 0 Å². The van der Waals surface area contributed by atoms with Gasteiger partial charge >= 0.3 is 0 Å². The third-order valence-corrected chi connectivity index (χ3v) is 4.40. The van der Waals surface area contributed by atoms with Crippen molar-refractivity contribution in [3.8, 4) is 0 Å². The summed E-state index contributed by atoms with van der Waals surface area (Å²) in [5.41, 5.74) is 0. The smallest absolute Gasteiger partial charge is 0.178 e. The van der Waals surface area contributed by atoms with E-state index >= 15 is 0 Å². The molecule has 24 heavy (non-hydrogen) atoms. The Hall–Kier alpha value is -0.480. The standard InChI is InChI=1S/C13H23ClN3O2P.2C2H6/c1-5-7-8-17(3)13-9-11(14)15-12(16-13)10-20(18-4)19-6-2;2*1-2/h9H,5-8,10H2,1-4H3;2*1-2H3. The number of hydrogen-bond acceptors (Lipinski definition) is 5. The molecule has 1 aromatic heterocycles. The molecule has 1 atom stereocenters. The molecule has 0 saturated carbocycles. The number of hydrogen-bond donors (Lipinski definition) is 0. The maximum absolute atomic E-state index is 6.08. The van der Waals surface area contributed by atoms with Crippen molar-refractivity contribution in [1.29, 1.82) is 0 Å². The molecule has 5 nitrogen and oxygen atoms in total. The summed E-state index contributed by atoms with van der Waals surface area (Å²) in [5.74, 6) is 1.51. The van der Waals surface area contributed by atoms with Gasteiger partial charge in [0.2, 0.25) is 0 Å². The summed E-state index contributed by atoms with van der Waals surface area (Å²) in [6.07, 6.45) is 2.82. The first-order valence-electron chi connectivity index (χ1n) is 8.79. The van der Waals surface area contributed by atoms with Crippen molar-refractivity contribution in [3.63, 3.8) is 0 Å². The average molecular weight is 380 g/mol.